The topological polar surface area (TPSA) is 93.1 Å². The molecule has 2 heterocycles. The van der Waals surface area contributed by atoms with Gasteiger partial charge in [0.25, 0.3) is 11.5 Å². The molecule has 4 rings (SSSR count). The summed E-state index contributed by atoms with van der Waals surface area (Å²) >= 11 is 6.90. The highest BCUT2D eigenvalue weighted by molar-refractivity contribution is 7.20. The van der Waals surface area contributed by atoms with Crippen molar-refractivity contribution in [3.05, 3.63) is 86.0 Å². The molecule has 0 atom stereocenters. The number of aromatic nitrogens is 2. The zero-order valence-electron chi connectivity index (χ0n) is 18.2. The lowest BCUT2D eigenvalue weighted by atomic mass is 10.2. The Morgan fingerprint density at radius 2 is 1.89 bits per heavy atom. The van der Waals surface area contributed by atoms with Crippen LogP contribution in [0, 0.1) is 12.7 Å². The minimum Gasteiger partial charge on any atom is -0.325 e. The Kier molecular flexibility index (Phi) is 6.83. The van der Waals surface area contributed by atoms with Gasteiger partial charge < -0.3 is 10.6 Å². The molecular weight excluding hydrogens is 524 g/mol. The number of fused-ring (bicyclic) bond motifs is 1. The summed E-state index contributed by atoms with van der Waals surface area (Å²) in [5, 5.41) is 4.99. The van der Waals surface area contributed by atoms with E-state index in [4.69, 9.17) is 11.6 Å². The minimum absolute atomic E-state index is 0.00521. The zero-order valence-corrected chi connectivity index (χ0v) is 19.8. The van der Waals surface area contributed by atoms with Crippen molar-refractivity contribution in [2.24, 2.45) is 0 Å². The number of carbonyl (C=O) groups is 2. The van der Waals surface area contributed by atoms with Crippen LogP contribution in [0.15, 0.2) is 53.6 Å². The number of rotatable bonds is 5. The van der Waals surface area contributed by atoms with E-state index in [1.807, 2.05) is 0 Å². The van der Waals surface area contributed by atoms with Crippen molar-refractivity contribution in [1.82, 2.24) is 9.55 Å². The molecule has 4 aromatic rings. The second-order valence-electron chi connectivity index (χ2n) is 7.62. The van der Waals surface area contributed by atoms with Gasteiger partial charge in [-0.1, -0.05) is 17.7 Å². The molecule has 0 spiro atoms. The highest BCUT2D eigenvalue weighted by Gasteiger charge is 2.30. The highest BCUT2D eigenvalue weighted by Crippen LogP contribution is 2.31. The summed E-state index contributed by atoms with van der Waals surface area (Å²) < 4.78 is 52.9. The van der Waals surface area contributed by atoms with Gasteiger partial charge in [0, 0.05) is 5.69 Å². The molecule has 36 heavy (non-hydrogen) atoms. The number of hydrogen-bond donors (Lipinski definition) is 2. The Bertz CT molecular complexity index is 1570. The van der Waals surface area contributed by atoms with Crippen LogP contribution in [0.1, 0.15) is 20.8 Å². The second-order valence-corrected chi connectivity index (χ2v) is 9.03. The smallest absolute Gasteiger partial charge is 0.325 e. The number of aryl methyl sites for hydroxylation is 1. The van der Waals surface area contributed by atoms with Crippen LogP contribution in [0.5, 0.6) is 0 Å². The maximum absolute atomic E-state index is 13.3. The SMILES string of the molecule is Cc1c(C(=O)Nc2ccc(F)cc2Cl)sc2ncn(CC(=O)Nc3cccc(C(F)(F)F)c3)c(=O)c12. The van der Waals surface area contributed by atoms with Gasteiger partial charge in [-0.15, -0.1) is 11.3 Å². The number of nitrogens with one attached hydrogen (secondary N) is 2. The molecule has 13 heteroatoms. The first-order valence-electron chi connectivity index (χ1n) is 10.2. The highest BCUT2D eigenvalue weighted by atomic mass is 35.5. The van der Waals surface area contributed by atoms with Crippen LogP contribution < -0.4 is 16.2 Å². The molecule has 7 nitrogen and oxygen atoms in total. The van der Waals surface area contributed by atoms with Gasteiger partial charge in [0.2, 0.25) is 5.91 Å². The maximum atomic E-state index is 13.3. The van der Waals surface area contributed by atoms with E-state index in [0.29, 0.717) is 5.56 Å². The number of halogens is 5. The number of anilines is 2. The molecule has 2 amide bonds. The van der Waals surface area contributed by atoms with Crippen molar-refractivity contribution in [2.45, 2.75) is 19.6 Å². The van der Waals surface area contributed by atoms with Gasteiger partial charge in [-0.05, 0) is 48.9 Å². The van der Waals surface area contributed by atoms with Crippen molar-refractivity contribution >= 4 is 56.3 Å². The van der Waals surface area contributed by atoms with Gasteiger partial charge in [0.15, 0.2) is 0 Å². The Hall–Kier alpha value is -3.77. The largest absolute Gasteiger partial charge is 0.416 e. The van der Waals surface area contributed by atoms with Crippen LogP contribution in [0.25, 0.3) is 10.2 Å². The first kappa shape index (κ1) is 25.3. The van der Waals surface area contributed by atoms with Crippen LogP contribution in [-0.2, 0) is 17.5 Å². The summed E-state index contributed by atoms with van der Waals surface area (Å²) in [5.74, 6) is -1.90. The first-order chi connectivity index (χ1) is 16.9. The lowest BCUT2D eigenvalue weighted by Crippen LogP contribution is -2.28. The van der Waals surface area contributed by atoms with Gasteiger partial charge in [-0.25, -0.2) is 9.37 Å². The fraction of sp³-hybridized carbons (Fsp3) is 0.130. The number of thiophene rings is 1. The molecule has 0 radical (unpaired) electrons. The molecule has 186 valence electrons. The van der Waals surface area contributed by atoms with Crippen LogP contribution in [0.4, 0.5) is 28.9 Å². The second kappa shape index (κ2) is 9.70. The van der Waals surface area contributed by atoms with E-state index < -0.39 is 41.5 Å². The zero-order chi connectivity index (χ0) is 26.2. The molecule has 2 aromatic heterocycles. The molecule has 2 N–H and O–H groups in total. The van der Waals surface area contributed by atoms with Crippen LogP contribution in [0.3, 0.4) is 0 Å². The monoisotopic (exact) mass is 538 g/mol. The van der Waals surface area contributed by atoms with Crippen molar-refractivity contribution in [1.29, 1.82) is 0 Å². The number of hydrogen-bond acceptors (Lipinski definition) is 5. The third-order valence-corrected chi connectivity index (χ3v) is 6.60. The molecule has 0 saturated heterocycles. The van der Waals surface area contributed by atoms with Gasteiger partial charge in [0.05, 0.1) is 32.9 Å². The van der Waals surface area contributed by atoms with Crippen LogP contribution >= 0.6 is 22.9 Å². The van der Waals surface area contributed by atoms with E-state index in [9.17, 15) is 31.9 Å². The molecule has 0 aliphatic heterocycles. The van der Waals surface area contributed by atoms with Gasteiger partial charge >= 0.3 is 6.18 Å². The lowest BCUT2D eigenvalue weighted by Gasteiger charge is -2.10. The van der Waals surface area contributed by atoms with E-state index in [-0.39, 0.29) is 31.5 Å². The summed E-state index contributed by atoms with van der Waals surface area (Å²) in [6.07, 6.45) is -3.46. The fourth-order valence-corrected chi connectivity index (χ4v) is 4.64. The molecule has 0 aliphatic rings. The van der Waals surface area contributed by atoms with E-state index in [1.165, 1.54) is 19.1 Å². The summed E-state index contributed by atoms with van der Waals surface area (Å²) in [6.45, 7) is 1.02. The molecule has 0 aliphatic carbocycles. The van der Waals surface area contributed by atoms with Crippen molar-refractivity contribution in [3.63, 3.8) is 0 Å². The summed E-state index contributed by atoms with van der Waals surface area (Å²) in [7, 11) is 0. The molecule has 0 bridgehead atoms. The third kappa shape index (κ3) is 5.24. The summed E-state index contributed by atoms with van der Waals surface area (Å²) in [6, 6.07) is 7.56. The standard InChI is InChI=1S/C23H15ClF4N4O3S/c1-11-18-21(36-19(11)20(34)31-16-6-5-13(25)8-15(16)24)29-10-32(22(18)35)9-17(33)30-14-4-2-3-12(7-14)23(26,27)28/h2-8,10H,9H2,1H3,(H,30,33)(H,31,34). The molecule has 2 aromatic carbocycles. The quantitative estimate of drug-likeness (QED) is 0.330. The Balaban J connectivity index is 1.56. The number of amides is 2. The van der Waals surface area contributed by atoms with E-state index >= 15 is 0 Å². The predicted octanol–water partition coefficient (Wildman–Crippen LogP) is 5.47. The van der Waals surface area contributed by atoms with Crippen molar-refractivity contribution in [3.8, 4) is 0 Å². The Morgan fingerprint density at radius 3 is 2.58 bits per heavy atom. The Morgan fingerprint density at radius 1 is 1.14 bits per heavy atom. The van der Waals surface area contributed by atoms with Crippen LogP contribution in [0.2, 0.25) is 5.02 Å². The number of carbonyl (C=O) groups excluding carboxylic acids is 2. The fourth-order valence-electron chi connectivity index (χ4n) is 3.39. The average Bonchev–Trinajstić information content (AvgIpc) is 3.14. The van der Waals surface area contributed by atoms with Gasteiger partial charge in [0.1, 0.15) is 17.2 Å². The van der Waals surface area contributed by atoms with Crippen LogP contribution in [-0.4, -0.2) is 21.4 Å². The molecule has 0 fully saturated rings. The van der Waals surface area contributed by atoms with E-state index in [2.05, 4.69) is 15.6 Å². The van der Waals surface area contributed by atoms with E-state index in [0.717, 1.165) is 52.6 Å². The van der Waals surface area contributed by atoms with Crippen molar-refractivity contribution < 1.29 is 27.2 Å². The number of benzene rings is 2. The molecule has 0 saturated carbocycles. The van der Waals surface area contributed by atoms with Gasteiger partial charge in [-0.3, -0.25) is 19.0 Å². The average molecular weight is 539 g/mol. The summed E-state index contributed by atoms with van der Waals surface area (Å²) in [5.41, 5.74) is -1.12. The van der Waals surface area contributed by atoms with Gasteiger partial charge in [-0.2, -0.15) is 13.2 Å². The number of alkyl halides is 3. The first-order valence-corrected chi connectivity index (χ1v) is 11.4. The normalized spacial score (nSPS) is 11.5. The summed E-state index contributed by atoms with van der Waals surface area (Å²) in [4.78, 5) is 42.8. The maximum Gasteiger partial charge on any atom is 0.416 e. The third-order valence-electron chi connectivity index (χ3n) is 5.09. The number of nitrogens with zero attached hydrogens (tertiary/aromatic N) is 2. The van der Waals surface area contributed by atoms with E-state index in [1.54, 1.807) is 0 Å². The minimum atomic E-state index is -4.57. The van der Waals surface area contributed by atoms with Crippen molar-refractivity contribution in [2.75, 3.05) is 10.6 Å². The molecule has 0 unspecified atom stereocenters. The predicted molar refractivity (Wildman–Crippen MR) is 128 cm³/mol. The Labute approximate surface area is 209 Å². The molecular formula is C23H15ClF4N4O3S. The lowest BCUT2D eigenvalue weighted by molar-refractivity contribution is -0.137.